The first kappa shape index (κ1) is 14.4. The zero-order valence-electron chi connectivity index (χ0n) is 7.93. The van der Waals surface area contributed by atoms with Crippen LogP contribution in [0.25, 0.3) is 0 Å². The fourth-order valence-corrected chi connectivity index (χ4v) is 1.82. The molecule has 9 heteroatoms. The molecule has 0 amide bonds. The number of aromatic nitrogens is 1. The summed E-state index contributed by atoms with van der Waals surface area (Å²) in [5, 5.41) is 8.86. The second kappa shape index (κ2) is 5.29. The van der Waals surface area contributed by atoms with E-state index in [0.29, 0.717) is 6.20 Å². The number of aliphatic hydroxyl groups excluding tert-OH is 1. The van der Waals surface area contributed by atoms with Crippen LogP contribution in [0.2, 0.25) is 0 Å². The predicted octanol–water partition coefficient (Wildman–Crippen LogP) is 3.01. The van der Waals surface area contributed by atoms with E-state index in [4.69, 9.17) is 5.11 Å². The van der Waals surface area contributed by atoms with Crippen LogP contribution >= 0.6 is 22.6 Å². The van der Waals surface area contributed by atoms with E-state index in [1.165, 1.54) is 22.6 Å². The van der Waals surface area contributed by atoms with Crippen molar-refractivity contribution < 1.29 is 31.8 Å². The van der Waals surface area contributed by atoms with Crippen molar-refractivity contribution in [3.63, 3.8) is 0 Å². The average Bonchev–Trinajstić information content (AvgIpc) is 2.17. The number of halogens is 6. The van der Waals surface area contributed by atoms with E-state index >= 15 is 0 Å². The maximum atomic E-state index is 12.6. The Morgan fingerprint density at radius 1 is 1.41 bits per heavy atom. The van der Waals surface area contributed by atoms with Crippen LogP contribution < -0.4 is 4.74 Å². The molecule has 1 rings (SSSR count). The maximum absolute atomic E-state index is 12.6. The minimum absolute atomic E-state index is 0.184. The molecule has 0 aliphatic rings. The second-order valence-electron chi connectivity index (χ2n) is 2.81. The van der Waals surface area contributed by atoms with Crippen LogP contribution in [0.1, 0.15) is 17.6 Å². The molecular weight excluding hydrogens is 364 g/mol. The monoisotopic (exact) mass is 369 g/mol. The summed E-state index contributed by atoms with van der Waals surface area (Å²) < 4.78 is 64.4. The van der Waals surface area contributed by atoms with Gasteiger partial charge in [-0.15, -0.1) is 13.2 Å². The van der Waals surface area contributed by atoms with Crippen molar-refractivity contribution in [1.82, 2.24) is 4.98 Å². The van der Waals surface area contributed by atoms with Gasteiger partial charge in [0.15, 0.2) is 5.75 Å². The number of rotatable bonds is 3. The third kappa shape index (κ3) is 3.63. The Hall–Kier alpha value is -0.710. The topological polar surface area (TPSA) is 42.4 Å². The minimum atomic E-state index is -5.03. The molecular formula is C8H5F5INO2. The van der Waals surface area contributed by atoms with Crippen molar-refractivity contribution >= 4 is 22.6 Å². The van der Waals surface area contributed by atoms with Crippen molar-refractivity contribution in [2.75, 3.05) is 0 Å². The van der Waals surface area contributed by atoms with E-state index in [-0.39, 0.29) is 3.70 Å². The molecule has 0 saturated heterocycles. The number of aliphatic hydroxyl groups is 1. The van der Waals surface area contributed by atoms with Crippen molar-refractivity contribution in [2.24, 2.45) is 0 Å². The molecule has 0 fully saturated rings. The Labute approximate surface area is 106 Å². The van der Waals surface area contributed by atoms with E-state index in [1.807, 2.05) is 0 Å². The van der Waals surface area contributed by atoms with Gasteiger partial charge >= 0.3 is 6.36 Å². The van der Waals surface area contributed by atoms with Crippen LogP contribution in [0.3, 0.4) is 0 Å². The van der Waals surface area contributed by atoms with Gasteiger partial charge in [0.25, 0.3) is 6.43 Å². The number of pyridine rings is 1. The third-order valence-electron chi connectivity index (χ3n) is 1.74. The molecule has 96 valence electrons. The van der Waals surface area contributed by atoms with Crippen LogP contribution in [0.15, 0.2) is 6.20 Å². The smallest absolute Gasteiger partial charge is 0.404 e. The molecule has 0 unspecified atom stereocenters. The van der Waals surface area contributed by atoms with Gasteiger partial charge in [0.1, 0.15) is 3.70 Å². The lowest BCUT2D eigenvalue weighted by Gasteiger charge is -2.15. The summed E-state index contributed by atoms with van der Waals surface area (Å²) in [6, 6.07) is 0. The van der Waals surface area contributed by atoms with Gasteiger partial charge in [-0.3, -0.25) is 0 Å². The summed E-state index contributed by atoms with van der Waals surface area (Å²) in [6.07, 6.45) is -7.43. The van der Waals surface area contributed by atoms with Gasteiger partial charge in [0.05, 0.1) is 18.4 Å². The van der Waals surface area contributed by atoms with Crippen molar-refractivity contribution in [3.8, 4) is 5.75 Å². The van der Waals surface area contributed by atoms with Gasteiger partial charge in [-0.1, -0.05) is 0 Å². The van der Waals surface area contributed by atoms with E-state index in [9.17, 15) is 22.0 Å². The number of nitrogens with zero attached hydrogens (tertiary/aromatic N) is 1. The lowest BCUT2D eigenvalue weighted by molar-refractivity contribution is -0.275. The molecule has 0 aliphatic carbocycles. The third-order valence-corrected chi connectivity index (χ3v) is 2.60. The molecule has 1 heterocycles. The first-order valence-corrected chi connectivity index (χ1v) is 5.16. The molecule has 0 spiro atoms. The quantitative estimate of drug-likeness (QED) is 0.506. The van der Waals surface area contributed by atoms with E-state index in [0.717, 1.165) is 0 Å². The van der Waals surface area contributed by atoms with Crippen LogP contribution in [0, 0.1) is 3.70 Å². The second-order valence-corrected chi connectivity index (χ2v) is 3.83. The molecule has 17 heavy (non-hydrogen) atoms. The van der Waals surface area contributed by atoms with Gasteiger partial charge in [-0.25, -0.2) is 13.8 Å². The molecule has 1 N–H and O–H groups in total. The first-order chi connectivity index (χ1) is 7.76. The van der Waals surface area contributed by atoms with E-state index in [1.54, 1.807) is 0 Å². The Balaban J connectivity index is 3.28. The van der Waals surface area contributed by atoms with Gasteiger partial charge in [0, 0.05) is 5.56 Å². The molecule has 0 saturated carbocycles. The lowest BCUT2D eigenvalue weighted by Crippen LogP contribution is -2.19. The van der Waals surface area contributed by atoms with Gasteiger partial charge in [-0.05, 0) is 22.6 Å². The fourth-order valence-electron chi connectivity index (χ4n) is 1.12. The van der Waals surface area contributed by atoms with Gasteiger partial charge < -0.3 is 9.84 Å². The molecule has 1 aromatic heterocycles. The first-order valence-electron chi connectivity index (χ1n) is 4.08. The Morgan fingerprint density at radius 3 is 2.41 bits per heavy atom. The highest BCUT2D eigenvalue weighted by Crippen LogP contribution is 2.34. The Bertz CT molecular complexity index is 410. The summed E-state index contributed by atoms with van der Waals surface area (Å²) in [6.45, 7) is -0.996. The summed E-state index contributed by atoms with van der Waals surface area (Å²) in [5.41, 5.74) is -1.37. The standard InChI is InChI=1S/C8H5F5INO2/c9-6(10)5-3(2-16)4(1-15-7(5)14)17-8(11,12)13/h1,6,16H,2H2. The molecule has 0 bridgehead atoms. The Morgan fingerprint density at radius 2 is 2.00 bits per heavy atom. The van der Waals surface area contributed by atoms with Crippen LogP contribution in [0.4, 0.5) is 22.0 Å². The predicted molar refractivity (Wildman–Crippen MR) is 54.5 cm³/mol. The maximum Gasteiger partial charge on any atom is 0.573 e. The van der Waals surface area contributed by atoms with Gasteiger partial charge in [0.2, 0.25) is 0 Å². The van der Waals surface area contributed by atoms with Crippen molar-refractivity contribution in [2.45, 2.75) is 19.4 Å². The number of hydrogen-bond donors (Lipinski definition) is 1. The number of hydrogen-bond acceptors (Lipinski definition) is 3. The van der Waals surface area contributed by atoms with Crippen LogP contribution in [-0.4, -0.2) is 16.5 Å². The SMILES string of the molecule is OCc1c(OC(F)(F)F)cnc(I)c1C(F)F. The number of ether oxygens (including phenoxy) is 1. The number of alkyl halides is 5. The molecule has 0 atom stereocenters. The molecule has 0 radical (unpaired) electrons. The van der Waals surface area contributed by atoms with Crippen molar-refractivity contribution in [1.29, 1.82) is 0 Å². The minimum Gasteiger partial charge on any atom is -0.404 e. The normalized spacial score (nSPS) is 12.0. The van der Waals surface area contributed by atoms with Gasteiger partial charge in [-0.2, -0.15) is 0 Å². The van der Waals surface area contributed by atoms with Crippen LogP contribution in [-0.2, 0) is 6.61 Å². The van der Waals surface area contributed by atoms with Crippen molar-refractivity contribution in [3.05, 3.63) is 21.0 Å². The fraction of sp³-hybridized carbons (Fsp3) is 0.375. The Kier molecular flexibility index (Phi) is 4.47. The highest BCUT2D eigenvalue weighted by atomic mass is 127. The molecule has 0 aliphatic heterocycles. The summed E-state index contributed by atoms with van der Waals surface area (Å²) in [5.74, 6) is -0.921. The summed E-state index contributed by atoms with van der Waals surface area (Å²) in [4.78, 5) is 3.36. The lowest BCUT2D eigenvalue weighted by atomic mass is 10.1. The van der Waals surface area contributed by atoms with E-state index < -0.39 is 36.3 Å². The average molecular weight is 369 g/mol. The zero-order valence-corrected chi connectivity index (χ0v) is 10.1. The zero-order chi connectivity index (χ0) is 13.2. The molecule has 1 aromatic rings. The molecule has 3 nitrogen and oxygen atoms in total. The summed E-state index contributed by atoms with van der Waals surface area (Å²) >= 11 is 1.44. The van der Waals surface area contributed by atoms with Crippen LogP contribution in [0.5, 0.6) is 5.75 Å². The molecule has 0 aromatic carbocycles. The summed E-state index contributed by atoms with van der Waals surface area (Å²) in [7, 11) is 0. The highest BCUT2D eigenvalue weighted by molar-refractivity contribution is 14.1. The highest BCUT2D eigenvalue weighted by Gasteiger charge is 2.33. The van der Waals surface area contributed by atoms with E-state index in [2.05, 4.69) is 9.72 Å². The largest absolute Gasteiger partial charge is 0.573 e.